The molecule has 0 aromatic heterocycles. The summed E-state index contributed by atoms with van der Waals surface area (Å²) in [5.74, 6) is -7.35. The number of ether oxygens (including phenoxy) is 2. The van der Waals surface area contributed by atoms with Crippen LogP contribution in [0, 0.1) is 11.8 Å². The number of nitrogens with one attached hydrogen (secondary N) is 6. The third-order valence-electron chi connectivity index (χ3n) is 11.9. The number of hydrogen-bond donors (Lipinski definition) is 10. The van der Waals surface area contributed by atoms with Gasteiger partial charge >= 0.3 is 12.2 Å². The molecule has 24 heteroatoms. The summed E-state index contributed by atoms with van der Waals surface area (Å²) in [6.45, 7) is 3.81. The van der Waals surface area contributed by atoms with Crippen molar-refractivity contribution < 1.29 is 67.6 Å². The maximum Gasteiger partial charge on any atom is 0.410 e. The van der Waals surface area contributed by atoms with Crippen LogP contribution < -0.4 is 43.4 Å². The van der Waals surface area contributed by atoms with E-state index < -0.39 is 120 Å². The molecule has 2 atom stereocenters. The van der Waals surface area contributed by atoms with Gasteiger partial charge in [-0.15, -0.1) is 0 Å². The Kier molecular flexibility index (Phi) is 21.9. The number of hydrogen-bond acceptors (Lipinski definition) is 16. The number of ketones is 2. The monoisotopic (exact) mass is 1080 g/mol. The number of phenols is 2. The highest BCUT2D eigenvalue weighted by Crippen LogP contribution is 2.42. The van der Waals surface area contributed by atoms with E-state index in [9.17, 15) is 58.2 Å². The smallest absolute Gasteiger partial charge is 0.410 e. The molecule has 1 aliphatic rings. The Hall–Kier alpha value is -9.22. The molecule has 4 aromatic carbocycles. The number of anilines is 2. The first-order chi connectivity index (χ1) is 37.1. The summed E-state index contributed by atoms with van der Waals surface area (Å²) < 4.78 is 11.0. The summed E-state index contributed by atoms with van der Waals surface area (Å²) in [6, 6.07) is 20.4. The van der Waals surface area contributed by atoms with Gasteiger partial charge < -0.3 is 63.1 Å². The van der Waals surface area contributed by atoms with Crippen molar-refractivity contribution in [2.75, 3.05) is 63.0 Å². The van der Waals surface area contributed by atoms with Gasteiger partial charge in [-0.2, -0.15) is 0 Å². The summed E-state index contributed by atoms with van der Waals surface area (Å²) in [7, 11) is 0. The fraction of sp³-hybridized carbons (Fsp3) is 0.370. The Bertz CT molecular complexity index is 2660. The normalized spacial score (nSPS) is 12.2. The summed E-state index contributed by atoms with van der Waals surface area (Å²) in [4.78, 5) is 134. The lowest BCUT2D eigenvalue weighted by Crippen LogP contribution is -2.50. The molecule has 0 saturated carbocycles. The van der Waals surface area contributed by atoms with Crippen molar-refractivity contribution in [3.63, 3.8) is 0 Å². The first-order valence-corrected chi connectivity index (χ1v) is 25.0. The van der Waals surface area contributed by atoms with Gasteiger partial charge in [0.2, 0.25) is 47.0 Å². The van der Waals surface area contributed by atoms with Crippen molar-refractivity contribution in [3.05, 3.63) is 118 Å². The Morgan fingerprint density at radius 3 is 1.21 bits per heavy atom. The second-order valence-electron chi connectivity index (χ2n) is 19.1. The van der Waals surface area contributed by atoms with Crippen molar-refractivity contribution in [2.45, 2.75) is 65.8 Å². The number of carbonyl (C=O) groups excluding carboxylic acids is 10. The minimum atomic E-state index is -0.975. The molecule has 12 N–H and O–H groups in total. The van der Waals surface area contributed by atoms with E-state index >= 15 is 0 Å². The third-order valence-corrected chi connectivity index (χ3v) is 11.9. The molecular formula is C54H66N10O14. The van der Waals surface area contributed by atoms with Gasteiger partial charge in [-0.3, -0.25) is 48.2 Å². The molecule has 4 aromatic rings. The van der Waals surface area contributed by atoms with Gasteiger partial charge in [0, 0.05) is 37.6 Å². The lowest BCUT2D eigenvalue weighted by molar-refractivity contribution is -0.129. The van der Waals surface area contributed by atoms with E-state index in [2.05, 4.69) is 31.9 Å². The fourth-order valence-electron chi connectivity index (χ4n) is 8.14. The van der Waals surface area contributed by atoms with E-state index in [0.717, 1.165) is 21.9 Å². The molecule has 8 amide bonds. The summed E-state index contributed by atoms with van der Waals surface area (Å²) >= 11 is 0. The zero-order valence-electron chi connectivity index (χ0n) is 43.7. The molecular weight excluding hydrogens is 1010 g/mol. The van der Waals surface area contributed by atoms with Crippen molar-refractivity contribution in [1.29, 1.82) is 0 Å². The maximum absolute atomic E-state index is 14.4. The van der Waals surface area contributed by atoms with Gasteiger partial charge in [0.05, 0.1) is 35.3 Å². The number of amides is 8. The number of aromatic hydroxyl groups is 2. The SMILES string of the molecule is CC(C)C[C@H](NC(=O)CNC(=O)CN(CCNc1ccc(NCCN(CC(=O)NCC(=O)N[C@@H](CC(C)C)C(N)=O)C(=O)OCc2ccccc2)c2c1C(=O)c1c(O)ccc(O)c1C2=O)C(=O)OCc1ccccc1)C(N)=O. The lowest BCUT2D eigenvalue weighted by Gasteiger charge is -2.26. The maximum atomic E-state index is 14.4. The van der Waals surface area contributed by atoms with Crippen LogP contribution >= 0.6 is 0 Å². The molecule has 0 unspecified atom stereocenters. The molecule has 24 nitrogen and oxygen atoms in total. The summed E-state index contributed by atoms with van der Waals surface area (Å²) in [5.41, 5.74) is 10.8. The molecule has 78 heavy (non-hydrogen) atoms. The average Bonchev–Trinajstić information content (AvgIpc) is 3.56. The zero-order chi connectivity index (χ0) is 57.1. The largest absolute Gasteiger partial charge is 0.507 e. The van der Waals surface area contributed by atoms with E-state index in [4.69, 9.17) is 20.9 Å². The fourth-order valence-corrected chi connectivity index (χ4v) is 8.14. The highest BCUT2D eigenvalue weighted by molar-refractivity contribution is 6.33. The number of benzene rings is 4. The van der Waals surface area contributed by atoms with Crippen LogP contribution in [0.5, 0.6) is 11.5 Å². The van der Waals surface area contributed by atoms with Gasteiger partial charge in [-0.05, 0) is 60.1 Å². The number of phenolic OH excluding ortho intramolecular Hbond substituents is 2. The van der Waals surface area contributed by atoms with Crippen LogP contribution in [0.3, 0.4) is 0 Å². The van der Waals surface area contributed by atoms with Crippen LogP contribution in [0.4, 0.5) is 21.0 Å². The second-order valence-corrected chi connectivity index (χ2v) is 19.1. The molecule has 0 aliphatic heterocycles. The van der Waals surface area contributed by atoms with E-state index in [0.29, 0.717) is 11.1 Å². The number of carbonyl (C=O) groups is 10. The number of rotatable bonds is 28. The first-order valence-electron chi connectivity index (χ1n) is 25.0. The predicted octanol–water partition coefficient (Wildman–Crippen LogP) is 2.24. The van der Waals surface area contributed by atoms with E-state index in [-0.39, 0.29) is 86.6 Å². The number of nitrogens with zero attached hydrogens (tertiary/aromatic N) is 2. The average molecular weight is 1080 g/mol. The second kappa shape index (κ2) is 28.6. The topological polar surface area (TPSA) is 360 Å². The molecule has 5 rings (SSSR count). The highest BCUT2D eigenvalue weighted by Gasteiger charge is 2.38. The van der Waals surface area contributed by atoms with Crippen molar-refractivity contribution >= 4 is 70.6 Å². The molecule has 0 bridgehead atoms. The van der Waals surface area contributed by atoms with Crippen LogP contribution in [0.25, 0.3) is 0 Å². The summed E-state index contributed by atoms with van der Waals surface area (Å²) in [6.07, 6.45) is -1.32. The molecule has 416 valence electrons. The Morgan fingerprint density at radius 1 is 0.513 bits per heavy atom. The van der Waals surface area contributed by atoms with Crippen LogP contribution in [0.1, 0.15) is 83.5 Å². The Balaban J connectivity index is 1.35. The van der Waals surface area contributed by atoms with Crippen LogP contribution in [0.15, 0.2) is 84.9 Å². The molecule has 0 saturated heterocycles. The number of nitrogens with two attached hydrogens (primary N) is 2. The minimum absolute atomic E-state index is 0.0213. The molecule has 1 aliphatic carbocycles. The van der Waals surface area contributed by atoms with E-state index in [1.807, 2.05) is 27.7 Å². The minimum Gasteiger partial charge on any atom is -0.507 e. The molecule has 0 fully saturated rings. The number of primary amides is 2. The third kappa shape index (κ3) is 17.4. The molecule has 0 radical (unpaired) electrons. The quantitative estimate of drug-likeness (QED) is 0.0321. The van der Waals surface area contributed by atoms with E-state index in [1.54, 1.807) is 60.7 Å². The van der Waals surface area contributed by atoms with Gasteiger partial charge in [0.15, 0.2) is 0 Å². The van der Waals surface area contributed by atoms with Crippen molar-refractivity contribution in [2.24, 2.45) is 23.3 Å². The Labute approximate surface area is 449 Å². The molecule has 0 heterocycles. The zero-order valence-corrected chi connectivity index (χ0v) is 43.7. The van der Waals surface area contributed by atoms with Gasteiger partial charge in [0.25, 0.3) is 0 Å². The van der Waals surface area contributed by atoms with Crippen LogP contribution in [0.2, 0.25) is 0 Å². The number of fused-ring (bicyclic) bond motifs is 2. The van der Waals surface area contributed by atoms with E-state index in [1.165, 1.54) is 12.1 Å². The lowest BCUT2D eigenvalue weighted by atomic mass is 9.81. The van der Waals surface area contributed by atoms with Gasteiger partial charge in [0.1, 0.15) is 49.9 Å². The Morgan fingerprint density at radius 2 is 0.872 bits per heavy atom. The first kappa shape index (κ1) is 59.7. The molecule has 0 spiro atoms. The highest BCUT2D eigenvalue weighted by atomic mass is 16.6. The van der Waals surface area contributed by atoms with Crippen molar-refractivity contribution in [3.8, 4) is 11.5 Å². The van der Waals surface area contributed by atoms with Crippen molar-refractivity contribution in [1.82, 2.24) is 31.1 Å². The van der Waals surface area contributed by atoms with Crippen LogP contribution in [-0.2, 0) is 51.5 Å². The van der Waals surface area contributed by atoms with Crippen LogP contribution in [-0.4, -0.2) is 144 Å². The summed E-state index contributed by atoms with van der Waals surface area (Å²) in [5, 5.41) is 37.6. The standard InChI is InChI=1S/C54H66N10O14/c1-31(2)23-37(51(55)73)61-41(67)25-59-43(69)27-63(53(75)77-29-33-11-7-5-8-12-33)21-19-57-35-15-16-36(46-45(35)49(71)47-39(65)17-18-40(66)48(47)50(46)72)58-20-22-64(54(76)78-30-34-13-9-6-10-14-34)28-44(70)60-26-42(68)62-38(52(56)74)24-32(3)4/h5-18,31-32,37-38,57-58,65-66H,19-30H2,1-4H3,(H2,55,73)(H2,56,74)(H,59,69)(H,60,70)(H,61,67)(H,62,68)/t37-,38-/m0/s1. The predicted molar refractivity (Wildman–Crippen MR) is 284 cm³/mol. The van der Waals surface area contributed by atoms with Gasteiger partial charge in [-0.25, -0.2) is 9.59 Å². The van der Waals surface area contributed by atoms with Gasteiger partial charge in [-0.1, -0.05) is 88.4 Å².